The Morgan fingerprint density at radius 1 is 1.29 bits per heavy atom. The van der Waals surface area contributed by atoms with Gasteiger partial charge in [-0.3, -0.25) is 0 Å². The third kappa shape index (κ3) is 2.81. The van der Waals surface area contributed by atoms with Crippen molar-refractivity contribution >= 4 is 11.8 Å². The topological polar surface area (TPSA) is 66.0 Å². The molecular weight excluding hydrogens is 236 g/mol. The molecule has 0 unspecified atom stereocenters. The van der Waals surface area contributed by atoms with Crippen LogP contribution in [0.2, 0.25) is 0 Å². The summed E-state index contributed by atoms with van der Waals surface area (Å²) in [6.45, 7) is 1.36. The van der Waals surface area contributed by atoms with Crippen LogP contribution in [0.25, 0.3) is 0 Å². The highest BCUT2D eigenvalue weighted by molar-refractivity contribution is 7.99. The zero-order valence-electron chi connectivity index (χ0n) is 9.84. The van der Waals surface area contributed by atoms with Gasteiger partial charge < -0.3 is 15.0 Å². The lowest BCUT2D eigenvalue weighted by atomic mass is 10.5. The molecule has 0 spiro atoms. The molecule has 0 bridgehead atoms. The van der Waals surface area contributed by atoms with Crippen LogP contribution < -0.4 is 5.73 Å². The van der Waals surface area contributed by atoms with Crippen molar-refractivity contribution in [2.75, 3.05) is 12.5 Å². The van der Waals surface area contributed by atoms with Gasteiger partial charge in [-0.2, -0.15) is 0 Å². The van der Waals surface area contributed by atoms with Gasteiger partial charge in [0.05, 0.1) is 19.1 Å². The second-order valence-corrected chi connectivity index (χ2v) is 5.67. The molecule has 3 rings (SSSR count). The van der Waals surface area contributed by atoms with Crippen LogP contribution in [0.1, 0.15) is 37.5 Å². The number of nitrogens with two attached hydrogens (primary N) is 1. The maximum absolute atomic E-state index is 5.67. The molecule has 2 N–H and O–H groups in total. The first-order chi connectivity index (χ1) is 8.38. The standard InChI is InChI=1S/C11H18N4OS/c12-5-10-13-14-11(15(10)9-3-4-9)17-7-16-6-8-1-2-8/h8-9H,1-7,12H2. The second-order valence-electron chi connectivity index (χ2n) is 4.78. The Morgan fingerprint density at radius 3 is 2.76 bits per heavy atom. The lowest BCUT2D eigenvalue weighted by Gasteiger charge is -2.07. The number of aromatic nitrogens is 3. The van der Waals surface area contributed by atoms with Crippen LogP contribution in [0.15, 0.2) is 5.16 Å². The molecule has 6 heteroatoms. The third-order valence-corrected chi connectivity index (χ3v) is 3.97. The summed E-state index contributed by atoms with van der Waals surface area (Å²) in [5.41, 5.74) is 5.67. The van der Waals surface area contributed by atoms with Crippen LogP contribution in [0.5, 0.6) is 0 Å². The fourth-order valence-corrected chi connectivity index (χ4v) is 2.62. The smallest absolute Gasteiger partial charge is 0.193 e. The highest BCUT2D eigenvalue weighted by Crippen LogP contribution is 2.38. The number of thioether (sulfide) groups is 1. The van der Waals surface area contributed by atoms with Gasteiger partial charge in [0.1, 0.15) is 5.82 Å². The van der Waals surface area contributed by atoms with Gasteiger partial charge in [0, 0.05) is 6.04 Å². The second kappa shape index (κ2) is 4.96. The summed E-state index contributed by atoms with van der Waals surface area (Å²) in [6.07, 6.45) is 5.11. The Morgan fingerprint density at radius 2 is 2.12 bits per heavy atom. The van der Waals surface area contributed by atoms with E-state index in [-0.39, 0.29) is 0 Å². The van der Waals surface area contributed by atoms with Gasteiger partial charge in [-0.15, -0.1) is 10.2 Å². The Balaban J connectivity index is 1.55. The van der Waals surface area contributed by atoms with E-state index in [0.29, 0.717) is 18.5 Å². The van der Waals surface area contributed by atoms with Crippen molar-refractivity contribution in [3.63, 3.8) is 0 Å². The van der Waals surface area contributed by atoms with Crippen LogP contribution in [-0.2, 0) is 11.3 Å². The quantitative estimate of drug-likeness (QED) is 0.454. The first-order valence-electron chi connectivity index (χ1n) is 6.23. The van der Waals surface area contributed by atoms with E-state index in [4.69, 9.17) is 10.5 Å². The van der Waals surface area contributed by atoms with Gasteiger partial charge in [-0.1, -0.05) is 11.8 Å². The predicted molar refractivity (Wildman–Crippen MR) is 65.6 cm³/mol. The molecule has 0 amide bonds. The number of hydrogen-bond acceptors (Lipinski definition) is 5. The maximum atomic E-state index is 5.67. The number of nitrogens with zero attached hydrogens (tertiary/aromatic N) is 3. The number of rotatable bonds is 7. The van der Waals surface area contributed by atoms with Gasteiger partial charge >= 0.3 is 0 Å². The largest absolute Gasteiger partial charge is 0.370 e. The van der Waals surface area contributed by atoms with E-state index in [1.54, 1.807) is 11.8 Å². The van der Waals surface area contributed by atoms with E-state index in [1.165, 1.54) is 25.7 Å². The van der Waals surface area contributed by atoms with Crippen molar-refractivity contribution < 1.29 is 4.74 Å². The lowest BCUT2D eigenvalue weighted by Crippen LogP contribution is -2.08. The molecule has 0 aromatic carbocycles. The van der Waals surface area contributed by atoms with Crippen molar-refractivity contribution in [2.45, 2.75) is 43.4 Å². The van der Waals surface area contributed by atoms with Gasteiger partial charge in [0.15, 0.2) is 5.16 Å². The minimum absolute atomic E-state index is 0.465. The summed E-state index contributed by atoms with van der Waals surface area (Å²) in [5, 5.41) is 9.29. The average Bonchev–Trinajstić information content (AvgIpc) is 3.24. The Hall–Kier alpha value is -0.590. The Kier molecular flexibility index (Phi) is 3.35. The highest BCUT2D eigenvalue weighted by Gasteiger charge is 2.29. The molecule has 2 aliphatic rings. The molecule has 94 valence electrons. The van der Waals surface area contributed by atoms with Crippen molar-refractivity contribution in [3.8, 4) is 0 Å². The zero-order valence-corrected chi connectivity index (χ0v) is 10.7. The number of ether oxygens (including phenoxy) is 1. The third-order valence-electron chi connectivity index (χ3n) is 3.15. The fourth-order valence-electron chi connectivity index (χ4n) is 1.84. The molecular formula is C11H18N4OS. The van der Waals surface area contributed by atoms with Crippen LogP contribution in [-0.4, -0.2) is 27.3 Å². The molecule has 0 radical (unpaired) electrons. The molecule has 2 fully saturated rings. The maximum Gasteiger partial charge on any atom is 0.193 e. The van der Waals surface area contributed by atoms with Crippen LogP contribution in [0.4, 0.5) is 0 Å². The van der Waals surface area contributed by atoms with Crippen LogP contribution >= 0.6 is 11.8 Å². The van der Waals surface area contributed by atoms with Crippen molar-refractivity contribution in [2.24, 2.45) is 11.7 Å². The van der Waals surface area contributed by atoms with Crippen LogP contribution in [0, 0.1) is 5.92 Å². The average molecular weight is 254 g/mol. The molecule has 0 saturated heterocycles. The summed E-state index contributed by atoms with van der Waals surface area (Å²) in [7, 11) is 0. The molecule has 0 aliphatic heterocycles. The zero-order chi connectivity index (χ0) is 11.7. The van der Waals surface area contributed by atoms with E-state index in [2.05, 4.69) is 14.8 Å². The summed E-state index contributed by atoms with van der Waals surface area (Å²) < 4.78 is 7.80. The molecule has 2 aliphatic carbocycles. The van der Waals surface area contributed by atoms with E-state index in [9.17, 15) is 0 Å². The molecule has 0 atom stereocenters. The van der Waals surface area contributed by atoms with E-state index < -0.39 is 0 Å². The normalized spacial score (nSPS) is 19.8. The van der Waals surface area contributed by atoms with Crippen molar-refractivity contribution in [1.29, 1.82) is 0 Å². The highest BCUT2D eigenvalue weighted by atomic mass is 32.2. The van der Waals surface area contributed by atoms with Gasteiger partial charge in [0.25, 0.3) is 0 Å². The van der Waals surface area contributed by atoms with Gasteiger partial charge in [-0.05, 0) is 31.6 Å². The Labute approximate surface area is 105 Å². The molecule has 5 nitrogen and oxygen atoms in total. The summed E-state index contributed by atoms with van der Waals surface area (Å²) in [5.74, 6) is 2.39. The molecule has 1 aromatic rings. The minimum atomic E-state index is 0.465. The molecule has 2 saturated carbocycles. The predicted octanol–water partition coefficient (Wildman–Crippen LogP) is 1.55. The van der Waals surface area contributed by atoms with Crippen LogP contribution in [0.3, 0.4) is 0 Å². The monoisotopic (exact) mass is 254 g/mol. The van der Waals surface area contributed by atoms with Gasteiger partial charge in [-0.25, -0.2) is 0 Å². The number of hydrogen-bond donors (Lipinski definition) is 1. The SMILES string of the molecule is NCc1nnc(SCOCC2CC2)n1C1CC1. The first kappa shape index (κ1) is 11.5. The van der Waals surface area contributed by atoms with Crippen molar-refractivity contribution in [1.82, 2.24) is 14.8 Å². The van der Waals surface area contributed by atoms with E-state index in [0.717, 1.165) is 23.5 Å². The summed E-state index contributed by atoms with van der Waals surface area (Å²) >= 11 is 1.63. The van der Waals surface area contributed by atoms with Crippen molar-refractivity contribution in [3.05, 3.63) is 5.82 Å². The molecule has 17 heavy (non-hydrogen) atoms. The van der Waals surface area contributed by atoms with E-state index in [1.807, 2.05) is 0 Å². The first-order valence-corrected chi connectivity index (χ1v) is 7.21. The fraction of sp³-hybridized carbons (Fsp3) is 0.818. The lowest BCUT2D eigenvalue weighted by molar-refractivity contribution is 0.170. The summed E-state index contributed by atoms with van der Waals surface area (Å²) in [4.78, 5) is 0. The van der Waals surface area contributed by atoms with E-state index >= 15 is 0 Å². The summed E-state index contributed by atoms with van der Waals surface area (Å²) in [6, 6.07) is 0.578. The molecule has 1 heterocycles. The minimum Gasteiger partial charge on any atom is -0.370 e. The molecule has 1 aromatic heterocycles. The van der Waals surface area contributed by atoms with Gasteiger partial charge in [0.2, 0.25) is 0 Å². The Bertz CT molecular complexity index is 387.